The first-order valence-corrected chi connectivity index (χ1v) is 37.8. The fraction of sp³-hybridized carbons (Fsp3) is 0.895. The molecule has 0 aliphatic carbocycles. The molecule has 0 aromatic rings. The molecule has 1 aliphatic rings. The third-order valence-electron chi connectivity index (χ3n) is 18.0. The van der Waals surface area contributed by atoms with Crippen molar-refractivity contribution in [2.75, 3.05) is 19.8 Å². The third kappa shape index (κ3) is 54.2. The summed E-state index contributed by atoms with van der Waals surface area (Å²) >= 11 is 0. The summed E-state index contributed by atoms with van der Waals surface area (Å²) in [5.74, 6) is -0.175. The van der Waals surface area contributed by atoms with E-state index in [1.807, 2.05) is 6.08 Å². The van der Waals surface area contributed by atoms with E-state index >= 15 is 0 Å². The molecular weight excluding hydrogens is 1090 g/mol. The Morgan fingerprint density at radius 3 is 1.14 bits per heavy atom. The van der Waals surface area contributed by atoms with Crippen molar-refractivity contribution in [1.82, 2.24) is 5.32 Å². The van der Waals surface area contributed by atoms with E-state index in [0.717, 1.165) is 64.2 Å². The Bertz CT molecular complexity index is 1540. The largest absolute Gasteiger partial charge is 0.466 e. The van der Waals surface area contributed by atoms with E-state index in [1.54, 1.807) is 6.08 Å². The number of hydrogen-bond acceptors (Lipinski definition) is 10. The number of unbranched alkanes of at least 4 members (excludes halogenated alkanes) is 49. The molecule has 11 heteroatoms. The molecule has 11 nitrogen and oxygen atoms in total. The Labute approximate surface area is 536 Å². The lowest BCUT2D eigenvalue weighted by Crippen LogP contribution is -2.60. The number of carbonyl (C=O) groups excluding carboxylic acids is 2. The van der Waals surface area contributed by atoms with E-state index in [1.165, 1.54) is 283 Å². The predicted octanol–water partition coefficient (Wildman–Crippen LogP) is 19.7. The van der Waals surface area contributed by atoms with Gasteiger partial charge in [-0.1, -0.05) is 339 Å². The SMILES string of the molecule is CCCCCCC/C=C/CC/C=C/CC/C=C/C(O)C(COC1OC(CO)C(O)C(O)C1O)NC(=O)CCCCCCCCCCCCCCCCCCCCCCCCCCCCCCCCCCCOC(=O)CCCCCCCCCCCCC. The Balaban J connectivity index is 1.95. The van der Waals surface area contributed by atoms with Gasteiger partial charge >= 0.3 is 5.97 Å². The summed E-state index contributed by atoms with van der Waals surface area (Å²) < 4.78 is 16.7. The quantitative estimate of drug-likeness (QED) is 0.0195. The van der Waals surface area contributed by atoms with Gasteiger partial charge in [-0.15, -0.1) is 0 Å². The van der Waals surface area contributed by atoms with Gasteiger partial charge in [0.05, 0.1) is 32.0 Å². The van der Waals surface area contributed by atoms with Crippen molar-refractivity contribution in [1.29, 1.82) is 0 Å². The molecule has 1 saturated heterocycles. The highest BCUT2D eigenvalue weighted by atomic mass is 16.7. The average molecular weight is 1230 g/mol. The molecule has 7 atom stereocenters. The molecule has 0 saturated carbocycles. The molecule has 6 N–H and O–H groups in total. The molecule has 0 radical (unpaired) electrons. The van der Waals surface area contributed by atoms with Crippen LogP contribution >= 0.6 is 0 Å². The van der Waals surface area contributed by atoms with Crippen molar-refractivity contribution < 1.29 is 49.3 Å². The van der Waals surface area contributed by atoms with Gasteiger partial charge in [0.15, 0.2) is 6.29 Å². The summed E-state index contributed by atoms with van der Waals surface area (Å²) in [4.78, 5) is 25.1. The second-order valence-electron chi connectivity index (χ2n) is 26.3. The van der Waals surface area contributed by atoms with E-state index in [2.05, 4.69) is 43.5 Å². The van der Waals surface area contributed by atoms with Crippen LogP contribution in [0.1, 0.15) is 373 Å². The number of allylic oxidation sites excluding steroid dienone is 5. The highest BCUT2D eigenvalue weighted by molar-refractivity contribution is 5.76. The van der Waals surface area contributed by atoms with Crippen LogP contribution in [0.3, 0.4) is 0 Å². The summed E-state index contributed by atoms with van der Waals surface area (Å²) in [6.07, 6.45) is 74.4. The molecule has 0 spiro atoms. The lowest BCUT2D eigenvalue weighted by Gasteiger charge is -2.40. The van der Waals surface area contributed by atoms with Crippen LogP contribution in [0.5, 0.6) is 0 Å². The summed E-state index contributed by atoms with van der Waals surface area (Å²) in [6.45, 7) is 4.35. The number of amides is 1. The van der Waals surface area contributed by atoms with Crippen LogP contribution in [-0.4, -0.2) is 100 Å². The number of nitrogens with one attached hydrogen (secondary N) is 1. The van der Waals surface area contributed by atoms with Crippen LogP contribution in [0, 0.1) is 0 Å². The number of esters is 1. The lowest BCUT2D eigenvalue weighted by molar-refractivity contribution is -0.302. The van der Waals surface area contributed by atoms with Gasteiger partial charge < -0.3 is 45.1 Å². The Morgan fingerprint density at radius 2 is 0.747 bits per heavy atom. The molecule has 7 unspecified atom stereocenters. The topological polar surface area (TPSA) is 175 Å². The molecule has 1 amide bonds. The van der Waals surface area contributed by atoms with Crippen LogP contribution in [0.15, 0.2) is 36.5 Å². The van der Waals surface area contributed by atoms with E-state index in [4.69, 9.17) is 14.2 Å². The minimum absolute atomic E-state index is 0.0143. The normalized spacial score (nSPS) is 18.0. The molecule has 87 heavy (non-hydrogen) atoms. The zero-order chi connectivity index (χ0) is 63.0. The Morgan fingerprint density at radius 1 is 0.414 bits per heavy atom. The molecule has 1 rings (SSSR count). The summed E-state index contributed by atoms with van der Waals surface area (Å²) in [6, 6.07) is -0.831. The lowest BCUT2D eigenvalue weighted by atomic mass is 9.99. The van der Waals surface area contributed by atoms with Gasteiger partial charge in [0, 0.05) is 12.8 Å². The maximum Gasteiger partial charge on any atom is 0.305 e. The molecule has 1 fully saturated rings. The van der Waals surface area contributed by atoms with Gasteiger partial charge in [-0.2, -0.15) is 0 Å². The van der Waals surface area contributed by atoms with E-state index in [9.17, 15) is 35.1 Å². The molecular formula is C76H143NO10. The van der Waals surface area contributed by atoms with Crippen molar-refractivity contribution in [3.8, 4) is 0 Å². The first-order chi connectivity index (χ1) is 42.7. The highest BCUT2D eigenvalue weighted by Crippen LogP contribution is 2.24. The molecule has 0 bridgehead atoms. The third-order valence-corrected chi connectivity index (χ3v) is 18.0. The van der Waals surface area contributed by atoms with Crippen LogP contribution in [0.25, 0.3) is 0 Å². The van der Waals surface area contributed by atoms with Gasteiger partial charge in [0.25, 0.3) is 0 Å². The van der Waals surface area contributed by atoms with E-state index in [0.29, 0.717) is 19.4 Å². The summed E-state index contributed by atoms with van der Waals surface area (Å²) in [5, 5.41) is 54.6. The van der Waals surface area contributed by atoms with E-state index < -0.39 is 49.5 Å². The molecule has 1 aliphatic heterocycles. The standard InChI is InChI=1S/C76H143NO10/c1-3-5-7-9-11-13-15-16-36-39-43-46-50-54-58-62-69(79)68(67-86-76-75(84)74(83)73(82)70(66-78)87-76)77-71(80)63-59-55-51-47-44-40-37-34-32-30-28-26-24-22-20-18-17-19-21-23-25-27-29-31-33-35-38-41-45-49-53-57-61-65-85-72(81)64-60-56-52-48-42-14-12-10-8-6-4-2/h15-16,43,46,58,62,68-70,73-76,78-79,82-84H,3-14,17-42,44-45,47-57,59-61,63-67H2,1-2H3,(H,77,80)/b16-15+,46-43+,62-58+. The number of rotatable bonds is 67. The summed E-state index contributed by atoms with van der Waals surface area (Å²) in [5.41, 5.74) is 0. The first kappa shape index (κ1) is 82.9. The van der Waals surface area contributed by atoms with Crippen molar-refractivity contribution in [3.05, 3.63) is 36.5 Å². The highest BCUT2D eigenvalue weighted by Gasteiger charge is 2.44. The minimum Gasteiger partial charge on any atom is -0.466 e. The number of carbonyl (C=O) groups is 2. The zero-order valence-corrected chi connectivity index (χ0v) is 57.0. The van der Waals surface area contributed by atoms with Gasteiger partial charge in [-0.05, 0) is 57.8 Å². The van der Waals surface area contributed by atoms with Crippen LogP contribution in [0.2, 0.25) is 0 Å². The van der Waals surface area contributed by atoms with Crippen molar-refractivity contribution in [3.63, 3.8) is 0 Å². The van der Waals surface area contributed by atoms with Gasteiger partial charge in [-0.3, -0.25) is 9.59 Å². The number of ether oxygens (including phenoxy) is 3. The Hall–Kier alpha value is -2.12. The number of aliphatic hydroxyl groups is 5. The first-order valence-electron chi connectivity index (χ1n) is 37.8. The average Bonchev–Trinajstić information content (AvgIpc) is 3.16. The van der Waals surface area contributed by atoms with Crippen molar-refractivity contribution in [2.24, 2.45) is 0 Å². The molecule has 1 heterocycles. The van der Waals surface area contributed by atoms with Gasteiger partial charge in [-0.25, -0.2) is 0 Å². The minimum atomic E-state index is -1.58. The Kier molecular flexibility index (Phi) is 62.3. The fourth-order valence-corrected chi connectivity index (χ4v) is 12.1. The second kappa shape index (κ2) is 65.4. The van der Waals surface area contributed by atoms with Crippen LogP contribution in [0.4, 0.5) is 0 Å². The predicted molar refractivity (Wildman–Crippen MR) is 366 cm³/mol. The zero-order valence-electron chi connectivity index (χ0n) is 57.0. The van der Waals surface area contributed by atoms with Gasteiger partial charge in [0.1, 0.15) is 24.4 Å². The van der Waals surface area contributed by atoms with Gasteiger partial charge in [0.2, 0.25) is 5.91 Å². The number of aliphatic hydroxyl groups excluding tert-OH is 5. The van der Waals surface area contributed by atoms with Crippen LogP contribution < -0.4 is 5.32 Å². The smallest absolute Gasteiger partial charge is 0.305 e. The molecule has 0 aromatic heterocycles. The van der Waals surface area contributed by atoms with Crippen molar-refractivity contribution in [2.45, 2.75) is 416 Å². The molecule has 512 valence electrons. The maximum absolute atomic E-state index is 13.1. The molecule has 0 aromatic carbocycles. The van der Waals surface area contributed by atoms with Crippen molar-refractivity contribution >= 4 is 11.9 Å². The van der Waals surface area contributed by atoms with E-state index in [-0.39, 0.29) is 18.5 Å². The second-order valence-corrected chi connectivity index (χ2v) is 26.3. The van der Waals surface area contributed by atoms with Crippen LogP contribution in [-0.2, 0) is 23.8 Å². The monoisotopic (exact) mass is 1230 g/mol. The summed E-state index contributed by atoms with van der Waals surface area (Å²) in [7, 11) is 0. The number of hydrogen-bond donors (Lipinski definition) is 6. The maximum atomic E-state index is 13.1. The fourth-order valence-electron chi connectivity index (χ4n) is 12.1.